The molecule has 0 aromatic carbocycles. The molecule has 0 bridgehead atoms. The molecule has 0 amide bonds. The third kappa shape index (κ3) is 3.28. The zero-order valence-corrected chi connectivity index (χ0v) is 9.74. The van der Waals surface area contributed by atoms with Crippen LogP contribution in [0.2, 0.25) is 0 Å². The van der Waals surface area contributed by atoms with E-state index in [0.29, 0.717) is 12.0 Å². The molecule has 1 aromatic rings. The third-order valence-electron chi connectivity index (χ3n) is 2.71. The van der Waals surface area contributed by atoms with E-state index in [9.17, 15) is 0 Å². The molecule has 5 heteroatoms. The fourth-order valence-corrected chi connectivity index (χ4v) is 1.86. The summed E-state index contributed by atoms with van der Waals surface area (Å²) in [5.74, 6) is 1.49. The molecule has 0 saturated carbocycles. The lowest BCUT2D eigenvalue weighted by Crippen LogP contribution is -2.16. The van der Waals surface area contributed by atoms with E-state index in [1.165, 1.54) is 0 Å². The Morgan fingerprint density at radius 2 is 2.44 bits per heavy atom. The molecule has 0 spiro atoms. The molecule has 2 heterocycles. The molecule has 1 aliphatic heterocycles. The topological polar surface area (TPSA) is 60.2 Å². The van der Waals surface area contributed by atoms with Crippen molar-refractivity contribution in [2.24, 2.45) is 0 Å². The van der Waals surface area contributed by atoms with Gasteiger partial charge in [-0.2, -0.15) is 4.98 Å². The SMILES string of the molecule is CCNCCc1nc(CC2CCCO2)no1. The van der Waals surface area contributed by atoms with Gasteiger partial charge in [-0.25, -0.2) is 0 Å². The van der Waals surface area contributed by atoms with Crippen LogP contribution in [0.5, 0.6) is 0 Å². The van der Waals surface area contributed by atoms with Crippen LogP contribution in [-0.4, -0.2) is 35.9 Å². The van der Waals surface area contributed by atoms with E-state index in [0.717, 1.165) is 51.2 Å². The van der Waals surface area contributed by atoms with Crippen LogP contribution in [0.4, 0.5) is 0 Å². The molecular weight excluding hydrogens is 206 g/mol. The number of aromatic nitrogens is 2. The third-order valence-corrected chi connectivity index (χ3v) is 2.71. The van der Waals surface area contributed by atoms with E-state index in [-0.39, 0.29) is 0 Å². The predicted octanol–water partition coefficient (Wildman–Crippen LogP) is 0.943. The molecule has 1 aliphatic rings. The molecule has 5 nitrogen and oxygen atoms in total. The van der Waals surface area contributed by atoms with Gasteiger partial charge in [0.25, 0.3) is 0 Å². The van der Waals surface area contributed by atoms with Crippen molar-refractivity contribution in [1.29, 1.82) is 0 Å². The van der Waals surface area contributed by atoms with E-state index >= 15 is 0 Å². The Labute approximate surface area is 95.6 Å². The molecular formula is C11H19N3O2. The highest BCUT2D eigenvalue weighted by Gasteiger charge is 2.18. The van der Waals surface area contributed by atoms with Crippen molar-refractivity contribution >= 4 is 0 Å². The van der Waals surface area contributed by atoms with E-state index in [1.807, 2.05) is 0 Å². The highest BCUT2D eigenvalue weighted by Crippen LogP contribution is 2.15. The van der Waals surface area contributed by atoms with E-state index in [4.69, 9.17) is 9.26 Å². The lowest BCUT2D eigenvalue weighted by atomic mass is 10.2. The molecule has 1 aromatic heterocycles. The Morgan fingerprint density at radius 3 is 3.19 bits per heavy atom. The smallest absolute Gasteiger partial charge is 0.227 e. The summed E-state index contributed by atoms with van der Waals surface area (Å²) < 4.78 is 10.7. The first kappa shape index (κ1) is 11.5. The van der Waals surface area contributed by atoms with Crippen LogP contribution in [0.25, 0.3) is 0 Å². The first-order chi connectivity index (χ1) is 7.88. The van der Waals surface area contributed by atoms with E-state index < -0.39 is 0 Å². The normalized spacial score (nSPS) is 20.4. The van der Waals surface area contributed by atoms with Gasteiger partial charge in [0.05, 0.1) is 6.10 Å². The van der Waals surface area contributed by atoms with Gasteiger partial charge in [0.2, 0.25) is 5.89 Å². The first-order valence-corrected chi connectivity index (χ1v) is 6.02. The summed E-state index contributed by atoms with van der Waals surface area (Å²) in [6, 6.07) is 0. The number of hydrogen-bond acceptors (Lipinski definition) is 5. The first-order valence-electron chi connectivity index (χ1n) is 6.02. The summed E-state index contributed by atoms with van der Waals surface area (Å²) in [7, 11) is 0. The second kappa shape index (κ2) is 5.96. The minimum Gasteiger partial charge on any atom is -0.378 e. The van der Waals surface area contributed by atoms with Crippen LogP contribution in [0.15, 0.2) is 4.52 Å². The van der Waals surface area contributed by atoms with Crippen molar-refractivity contribution in [2.75, 3.05) is 19.7 Å². The maximum atomic E-state index is 5.53. The Morgan fingerprint density at radius 1 is 1.50 bits per heavy atom. The Hall–Kier alpha value is -0.940. The number of nitrogens with zero attached hydrogens (tertiary/aromatic N) is 2. The van der Waals surface area contributed by atoms with Crippen LogP contribution < -0.4 is 5.32 Å². The van der Waals surface area contributed by atoms with Crippen LogP contribution in [0.1, 0.15) is 31.5 Å². The predicted molar refractivity (Wildman–Crippen MR) is 59.2 cm³/mol. The van der Waals surface area contributed by atoms with Crippen molar-refractivity contribution in [2.45, 2.75) is 38.7 Å². The fraction of sp³-hybridized carbons (Fsp3) is 0.818. The minimum atomic E-state index is 0.291. The Kier molecular flexibility index (Phi) is 4.30. The minimum absolute atomic E-state index is 0.291. The summed E-state index contributed by atoms with van der Waals surface area (Å²) >= 11 is 0. The largest absolute Gasteiger partial charge is 0.378 e. The molecule has 0 radical (unpaired) electrons. The van der Waals surface area contributed by atoms with Gasteiger partial charge in [-0.3, -0.25) is 0 Å². The van der Waals surface area contributed by atoms with Crippen molar-refractivity contribution in [3.05, 3.63) is 11.7 Å². The van der Waals surface area contributed by atoms with Crippen LogP contribution in [0.3, 0.4) is 0 Å². The average Bonchev–Trinajstić information content (AvgIpc) is 2.91. The molecule has 1 atom stereocenters. The van der Waals surface area contributed by atoms with Crippen molar-refractivity contribution < 1.29 is 9.26 Å². The zero-order chi connectivity index (χ0) is 11.2. The number of likely N-dealkylation sites (N-methyl/N-ethyl adjacent to an activating group) is 1. The van der Waals surface area contributed by atoms with Crippen molar-refractivity contribution in [3.63, 3.8) is 0 Å². The van der Waals surface area contributed by atoms with Crippen LogP contribution in [0, 0.1) is 0 Å². The summed E-state index contributed by atoms with van der Waals surface area (Å²) in [6.45, 7) is 4.81. The number of rotatable bonds is 6. The summed E-state index contributed by atoms with van der Waals surface area (Å²) in [5, 5.41) is 7.19. The number of hydrogen-bond donors (Lipinski definition) is 1. The van der Waals surface area contributed by atoms with Gasteiger partial charge in [-0.05, 0) is 19.4 Å². The monoisotopic (exact) mass is 225 g/mol. The quantitative estimate of drug-likeness (QED) is 0.730. The lowest BCUT2D eigenvalue weighted by Gasteiger charge is -2.03. The van der Waals surface area contributed by atoms with E-state index in [1.54, 1.807) is 0 Å². The van der Waals surface area contributed by atoms with Crippen LogP contribution >= 0.6 is 0 Å². The molecule has 0 aliphatic carbocycles. The average molecular weight is 225 g/mol. The standard InChI is InChI=1S/C11H19N3O2/c1-2-12-6-5-11-13-10(14-16-11)8-9-4-3-7-15-9/h9,12H,2-8H2,1H3. The second-order valence-electron chi connectivity index (χ2n) is 4.05. The fourth-order valence-electron chi connectivity index (χ4n) is 1.86. The van der Waals surface area contributed by atoms with Crippen molar-refractivity contribution in [1.82, 2.24) is 15.5 Å². The molecule has 16 heavy (non-hydrogen) atoms. The molecule has 90 valence electrons. The van der Waals surface area contributed by atoms with Gasteiger partial charge in [-0.15, -0.1) is 0 Å². The molecule has 2 rings (SSSR count). The molecule has 1 N–H and O–H groups in total. The highest BCUT2D eigenvalue weighted by atomic mass is 16.5. The Balaban J connectivity index is 1.77. The lowest BCUT2D eigenvalue weighted by molar-refractivity contribution is 0.109. The summed E-state index contributed by atoms with van der Waals surface area (Å²) in [4.78, 5) is 4.35. The van der Waals surface area contributed by atoms with Gasteiger partial charge < -0.3 is 14.6 Å². The Bertz CT molecular complexity index is 308. The molecule has 1 unspecified atom stereocenters. The maximum absolute atomic E-state index is 5.53. The van der Waals surface area contributed by atoms with Crippen molar-refractivity contribution in [3.8, 4) is 0 Å². The van der Waals surface area contributed by atoms with E-state index in [2.05, 4.69) is 22.4 Å². The van der Waals surface area contributed by atoms with Gasteiger partial charge in [0.1, 0.15) is 0 Å². The van der Waals surface area contributed by atoms with Gasteiger partial charge >= 0.3 is 0 Å². The summed E-state index contributed by atoms with van der Waals surface area (Å²) in [5.41, 5.74) is 0. The van der Waals surface area contributed by atoms with Crippen LogP contribution in [-0.2, 0) is 17.6 Å². The molecule has 1 fully saturated rings. The molecule has 1 saturated heterocycles. The number of ether oxygens (including phenoxy) is 1. The number of nitrogens with one attached hydrogen (secondary N) is 1. The van der Waals surface area contributed by atoms with Gasteiger partial charge in [0.15, 0.2) is 5.82 Å². The van der Waals surface area contributed by atoms with Gasteiger partial charge in [-0.1, -0.05) is 12.1 Å². The maximum Gasteiger partial charge on any atom is 0.227 e. The zero-order valence-electron chi connectivity index (χ0n) is 9.74. The summed E-state index contributed by atoms with van der Waals surface area (Å²) in [6.07, 6.45) is 4.13. The second-order valence-corrected chi connectivity index (χ2v) is 4.05. The van der Waals surface area contributed by atoms with Gasteiger partial charge in [0, 0.05) is 26.0 Å². The highest BCUT2D eigenvalue weighted by molar-refractivity contribution is 4.90.